The van der Waals surface area contributed by atoms with Gasteiger partial charge in [0.1, 0.15) is 5.75 Å². The fourth-order valence-corrected chi connectivity index (χ4v) is 3.61. The van der Waals surface area contributed by atoms with E-state index in [0.29, 0.717) is 0 Å². The van der Waals surface area contributed by atoms with Crippen LogP contribution in [0.5, 0.6) is 5.75 Å². The number of aromatic nitrogens is 1. The van der Waals surface area contributed by atoms with Crippen LogP contribution in [0.3, 0.4) is 0 Å². The first-order valence-corrected chi connectivity index (χ1v) is 9.10. The van der Waals surface area contributed by atoms with E-state index in [4.69, 9.17) is 9.72 Å². The number of rotatable bonds is 5. The minimum atomic E-state index is -0.0934. The van der Waals surface area contributed by atoms with Crippen molar-refractivity contribution in [3.8, 4) is 17.0 Å². The van der Waals surface area contributed by atoms with Crippen LogP contribution in [-0.4, -0.2) is 18.0 Å². The summed E-state index contributed by atoms with van der Waals surface area (Å²) in [5.74, 6) is 0.760. The molecular weight excluding hydrogens is 346 g/mol. The molecular formula is C20H21N3O2S. The summed E-state index contributed by atoms with van der Waals surface area (Å²) < 4.78 is 5.33. The molecule has 0 unspecified atom stereocenters. The lowest BCUT2D eigenvalue weighted by molar-refractivity contribution is -0.114. The highest BCUT2D eigenvalue weighted by Gasteiger charge is 2.12. The van der Waals surface area contributed by atoms with Crippen LogP contribution in [0.25, 0.3) is 11.3 Å². The number of aryl methyl sites for hydroxylation is 2. The number of carbonyl (C=O) groups is 1. The Balaban J connectivity index is 1.84. The van der Waals surface area contributed by atoms with Crippen LogP contribution in [0.2, 0.25) is 0 Å². The molecule has 0 aliphatic rings. The van der Waals surface area contributed by atoms with E-state index in [-0.39, 0.29) is 5.91 Å². The molecule has 2 N–H and O–H groups in total. The Morgan fingerprint density at radius 2 is 1.81 bits per heavy atom. The van der Waals surface area contributed by atoms with Gasteiger partial charge >= 0.3 is 0 Å². The lowest BCUT2D eigenvalue weighted by Gasteiger charge is -2.10. The van der Waals surface area contributed by atoms with E-state index >= 15 is 0 Å². The SMILES string of the molecule is COc1cc(C)c(-c2csc(Nc3cccc(NC(C)=O)c3)n2)c(C)c1. The summed E-state index contributed by atoms with van der Waals surface area (Å²) in [6.45, 7) is 5.62. The van der Waals surface area contributed by atoms with Gasteiger partial charge in [0.05, 0.1) is 12.8 Å². The molecule has 134 valence electrons. The molecule has 1 heterocycles. The summed E-state index contributed by atoms with van der Waals surface area (Å²) in [5.41, 5.74) is 5.95. The van der Waals surface area contributed by atoms with E-state index in [1.54, 1.807) is 18.4 Å². The molecule has 0 saturated carbocycles. The smallest absolute Gasteiger partial charge is 0.221 e. The molecule has 0 fully saturated rings. The van der Waals surface area contributed by atoms with Crippen molar-refractivity contribution in [2.45, 2.75) is 20.8 Å². The van der Waals surface area contributed by atoms with Crippen molar-refractivity contribution in [1.29, 1.82) is 0 Å². The zero-order valence-electron chi connectivity index (χ0n) is 15.2. The summed E-state index contributed by atoms with van der Waals surface area (Å²) in [7, 11) is 1.67. The van der Waals surface area contributed by atoms with Crippen LogP contribution in [0, 0.1) is 13.8 Å². The average Bonchev–Trinajstić information content (AvgIpc) is 3.01. The quantitative estimate of drug-likeness (QED) is 0.655. The number of anilines is 3. The number of carbonyl (C=O) groups excluding carboxylic acids is 1. The second-order valence-corrected chi connectivity index (χ2v) is 6.92. The molecule has 0 aliphatic carbocycles. The standard InChI is InChI=1S/C20H21N3O2S/c1-12-8-17(25-4)9-13(2)19(12)18-11-26-20(23-18)22-16-7-5-6-15(10-16)21-14(3)24/h5-11H,1-4H3,(H,21,24)(H,22,23). The van der Waals surface area contributed by atoms with Gasteiger partial charge in [0.25, 0.3) is 0 Å². The highest BCUT2D eigenvalue weighted by molar-refractivity contribution is 7.14. The minimum absolute atomic E-state index is 0.0934. The zero-order chi connectivity index (χ0) is 18.7. The second kappa shape index (κ2) is 7.58. The lowest BCUT2D eigenvalue weighted by atomic mass is 10.0. The second-order valence-electron chi connectivity index (χ2n) is 6.06. The zero-order valence-corrected chi connectivity index (χ0v) is 16.0. The first-order chi connectivity index (χ1) is 12.5. The Morgan fingerprint density at radius 1 is 1.12 bits per heavy atom. The van der Waals surface area contributed by atoms with Crippen molar-refractivity contribution in [3.63, 3.8) is 0 Å². The maximum absolute atomic E-state index is 11.2. The Kier molecular flexibility index (Phi) is 5.23. The summed E-state index contributed by atoms with van der Waals surface area (Å²) >= 11 is 1.55. The van der Waals surface area contributed by atoms with Crippen LogP contribution in [0.1, 0.15) is 18.1 Å². The van der Waals surface area contributed by atoms with E-state index in [2.05, 4.69) is 24.5 Å². The topological polar surface area (TPSA) is 63.2 Å². The van der Waals surface area contributed by atoms with Crippen molar-refractivity contribution in [2.24, 2.45) is 0 Å². The molecule has 1 amide bonds. The fourth-order valence-electron chi connectivity index (χ4n) is 2.89. The summed E-state index contributed by atoms with van der Waals surface area (Å²) in [5, 5.41) is 8.92. The lowest BCUT2D eigenvalue weighted by Crippen LogP contribution is -2.05. The van der Waals surface area contributed by atoms with Gasteiger partial charge in [-0.3, -0.25) is 4.79 Å². The normalized spacial score (nSPS) is 10.5. The number of hydrogen-bond acceptors (Lipinski definition) is 5. The number of nitrogens with one attached hydrogen (secondary N) is 2. The van der Waals surface area contributed by atoms with Crippen LogP contribution in [0.4, 0.5) is 16.5 Å². The molecule has 2 aromatic carbocycles. The van der Waals surface area contributed by atoms with E-state index in [1.165, 1.54) is 6.92 Å². The van der Waals surface area contributed by atoms with Gasteiger partial charge in [0.2, 0.25) is 5.91 Å². The van der Waals surface area contributed by atoms with Crippen LogP contribution < -0.4 is 15.4 Å². The molecule has 26 heavy (non-hydrogen) atoms. The van der Waals surface area contributed by atoms with Gasteiger partial charge in [-0.1, -0.05) is 6.07 Å². The molecule has 0 aliphatic heterocycles. The number of hydrogen-bond donors (Lipinski definition) is 2. The van der Waals surface area contributed by atoms with Crippen LogP contribution >= 0.6 is 11.3 Å². The van der Waals surface area contributed by atoms with E-state index < -0.39 is 0 Å². The number of nitrogens with zero attached hydrogens (tertiary/aromatic N) is 1. The van der Waals surface area contributed by atoms with Gasteiger partial charge in [-0.15, -0.1) is 11.3 Å². The van der Waals surface area contributed by atoms with Crippen molar-refractivity contribution < 1.29 is 9.53 Å². The molecule has 0 spiro atoms. The Bertz CT molecular complexity index is 927. The van der Waals surface area contributed by atoms with E-state index in [1.807, 2.05) is 41.8 Å². The Morgan fingerprint density at radius 3 is 2.46 bits per heavy atom. The molecule has 1 aromatic heterocycles. The Labute approximate surface area is 157 Å². The maximum atomic E-state index is 11.2. The summed E-state index contributed by atoms with van der Waals surface area (Å²) in [4.78, 5) is 15.9. The molecule has 0 atom stereocenters. The van der Waals surface area contributed by atoms with E-state index in [0.717, 1.165) is 44.6 Å². The van der Waals surface area contributed by atoms with Crippen LogP contribution in [-0.2, 0) is 4.79 Å². The summed E-state index contributed by atoms with van der Waals surface area (Å²) in [6, 6.07) is 11.6. The molecule has 3 aromatic rings. The van der Waals surface area contributed by atoms with Gasteiger partial charge in [-0.05, 0) is 55.3 Å². The van der Waals surface area contributed by atoms with Gasteiger partial charge < -0.3 is 15.4 Å². The molecule has 0 bridgehead atoms. The third-order valence-corrected chi connectivity index (χ3v) is 4.69. The van der Waals surface area contributed by atoms with Gasteiger partial charge in [-0.25, -0.2) is 4.98 Å². The number of thiazole rings is 1. The molecule has 0 radical (unpaired) electrons. The molecule has 0 saturated heterocycles. The number of methoxy groups -OCH3 is 1. The van der Waals surface area contributed by atoms with Crippen molar-refractivity contribution in [1.82, 2.24) is 4.98 Å². The van der Waals surface area contributed by atoms with Crippen LogP contribution in [0.15, 0.2) is 41.8 Å². The third-order valence-electron chi connectivity index (χ3n) is 3.94. The first-order valence-electron chi connectivity index (χ1n) is 8.22. The van der Waals surface area contributed by atoms with Gasteiger partial charge in [0.15, 0.2) is 5.13 Å². The number of amides is 1. The van der Waals surface area contributed by atoms with Crippen molar-refractivity contribution in [2.75, 3.05) is 17.7 Å². The van der Waals surface area contributed by atoms with Crippen molar-refractivity contribution >= 4 is 33.8 Å². The fraction of sp³-hybridized carbons (Fsp3) is 0.200. The monoisotopic (exact) mass is 367 g/mol. The van der Waals surface area contributed by atoms with Gasteiger partial charge in [0, 0.05) is 29.2 Å². The number of benzene rings is 2. The predicted octanol–water partition coefficient (Wildman–Crippen LogP) is 5.14. The van der Waals surface area contributed by atoms with E-state index in [9.17, 15) is 4.79 Å². The minimum Gasteiger partial charge on any atom is -0.497 e. The Hall–Kier alpha value is -2.86. The molecule has 5 nitrogen and oxygen atoms in total. The highest BCUT2D eigenvalue weighted by atomic mass is 32.1. The van der Waals surface area contributed by atoms with Gasteiger partial charge in [-0.2, -0.15) is 0 Å². The molecule has 3 rings (SSSR count). The van der Waals surface area contributed by atoms with Crippen molar-refractivity contribution in [3.05, 3.63) is 52.9 Å². The number of ether oxygens (including phenoxy) is 1. The third kappa shape index (κ3) is 4.03. The maximum Gasteiger partial charge on any atom is 0.221 e. The highest BCUT2D eigenvalue weighted by Crippen LogP contribution is 2.33. The average molecular weight is 367 g/mol. The molecule has 6 heteroatoms. The predicted molar refractivity (Wildman–Crippen MR) is 108 cm³/mol. The summed E-state index contributed by atoms with van der Waals surface area (Å²) in [6.07, 6.45) is 0. The first kappa shape index (κ1) is 17.9. The largest absolute Gasteiger partial charge is 0.497 e.